The van der Waals surface area contributed by atoms with Crippen LogP contribution in [0.25, 0.3) is 10.8 Å². The van der Waals surface area contributed by atoms with E-state index in [2.05, 4.69) is 22.5 Å². The van der Waals surface area contributed by atoms with Crippen molar-refractivity contribution in [1.82, 2.24) is 5.32 Å². The van der Waals surface area contributed by atoms with Gasteiger partial charge < -0.3 is 20.7 Å². The van der Waals surface area contributed by atoms with Crippen molar-refractivity contribution in [3.63, 3.8) is 0 Å². The molecule has 7 heteroatoms. The summed E-state index contributed by atoms with van der Waals surface area (Å²) in [6.45, 7) is 6.70. The van der Waals surface area contributed by atoms with Gasteiger partial charge in [0.05, 0.1) is 12.2 Å². The Morgan fingerprint density at radius 2 is 1.54 bits per heavy atom. The fourth-order valence-corrected chi connectivity index (χ4v) is 2.32. The molecule has 7 nitrogen and oxygen atoms in total. The van der Waals surface area contributed by atoms with E-state index in [0.717, 1.165) is 10.8 Å². The summed E-state index contributed by atoms with van der Waals surface area (Å²) in [4.78, 5) is 34.6. The van der Waals surface area contributed by atoms with E-state index in [1.165, 1.54) is 6.92 Å². The van der Waals surface area contributed by atoms with Crippen molar-refractivity contribution < 1.29 is 19.1 Å². The highest BCUT2D eigenvalue weighted by Crippen LogP contribution is 2.29. The van der Waals surface area contributed by atoms with Crippen LogP contribution in [0.1, 0.15) is 13.8 Å². The highest BCUT2D eigenvalue weighted by Gasteiger charge is 2.09. The molecule has 2 rings (SSSR count). The predicted octanol–water partition coefficient (Wildman–Crippen LogP) is 3.04. The van der Waals surface area contributed by atoms with Crippen molar-refractivity contribution in [1.29, 1.82) is 0 Å². The van der Waals surface area contributed by atoms with Crippen molar-refractivity contribution in [3.05, 3.63) is 48.6 Å². The van der Waals surface area contributed by atoms with Crippen LogP contribution in [0.3, 0.4) is 0 Å². The van der Waals surface area contributed by atoms with Gasteiger partial charge in [-0.3, -0.25) is 4.79 Å². The Labute approximate surface area is 151 Å². The normalized spacial score (nSPS) is 10.1. The molecule has 0 saturated carbocycles. The molecule has 0 unspecified atom stereocenters. The number of carbonyl (C=O) groups is 3. The van der Waals surface area contributed by atoms with Crippen LogP contribution in [0.4, 0.5) is 16.2 Å². The Bertz CT molecular complexity index is 861. The van der Waals surface area contributed by atoms with Crippen LogP contribution in [0.2, 0.25) is 0 Å². The number of urea groups is 1. The Morgan fingerprint density at radius 1 is 0.962 bits per heavy atom. The van der Waals surface area contributed by atoms with Gasteiger partial charge in [0.1, 0.15) is 6.61 Å². The van der Waals surface area contributed by atoms with Crippen molar-refractivity contribution in [3.8, 4) is 0 Å². The molecular weight excluding hydrogens is 334 g/mol. The number of anilines is 2. The number of esters is 1. The van der Waals surface area contributed by atoms with E-state index in [0.29, 0.717) is 16.9 Å². The van der Waals surface area contributed by atoms with Crippen LogP contribution < -0.4 is 16.0 Å². The topological polar surface area (TPSA) is 96.5 Å². The summed E-state index contributed by atoms with van der Waals surface area (Å²) in [7, 11) is 0. The summed E-state index contributed by atoms with van der Waals surface area (Å²) in [5.41, 5.74) is 1.58. The van der Waals surface area contributed by atoms with Gasteiger partial charge in [-0.1, -0.05) is 30.8 Å². The van der Waals surface area contributed by atoms with Gasteiger partial charge in [-0.25, -0.2) is 9.59 Å². The van der Waals surface area contributed by atoms with E-state index >= 15 is 0 Å². The molecule has 136 valence electrons. The fraction of sp³-hybridized carbons (Fsp3) is 0.211. The van der Waals surface area contributed by atoms with Gasteiger partial charge in [0, 0.05) is 29.0 Å². The summed E-state index contributed by atoms with van der Waals surface area (Å²) < 4.78 is 4.91. The van der Waals surface area contributed by atoms with Gasteiger partial charge >= 0.3 is 12.0 Å². The number of benzene rings is 2. The van der Waals surface area contributed by atoms with E-state index in [1.807, 2.05) is 12.1 Å². The minimum absolute atomic E-state index is 0.0569. The van der Waals surface area contributed by atoms with Gasteiger partial charge in [0.15, 0.2) is 0 Å². The molecule has 2 aromatic rings. The molecule has 3 N–H and O–H groups in total. The molecular formula is C19H21N3O4. The van der Waals surface area contributed by atoms with E-state index in [1.54, 1.807) is 31.2 Å². The van der Waals surface area contributed by atoms with Crippen molar-refractivity contribution in [2.75, 3.05) is 23.8 Å². The zero-order chi connectivity index (χ0) is 19.1. The van der Waals surface area contributed by atoms with Crippen LogP contribution in [-0.2, 0) is 14.3 Å². The van der Waals surface area contributed by atoms with E-state index in [-0.39, 0.29) is 19.1 Å². The Hall–Kier alpha value is -3.35. The standard InChI is InChI=1S/C19H21N3O4/c1-12(2)18(24)26-11-10-20-19(25)22-17-9-5-6-14-15(17)7-4-8-16(14)21-13(3)23/h4-9H,1,10-11H2,2-3H3,(H,21,23)(H2,20,22,25). The van der Waals surface area contributed by atoms with E-state index < -0.39 is 12.0 Å². The van der Waals surface area contributed by atoms with Crippen LogP contribution in [0.15, 0.2) is 48.6 Å². The first-order chi connectivity index (χ1) is 12.4. The number of carbonyl (C=O) groups excluding carboxylic acids is 3. The molecule has 0 bridgehead atoms. The molecule has 2 aromatic carbocycles. The largest absolute Gasteiger partial charge is 0.460 e. The number of hydrogen-bond donors (Lipinski definition) is 3. The molecule has 0 spiro atoms. The zero-order valence-corrected chi connectivity index (χ0v) is 14.7. The second-order valence-electron chi connectivity index (χ2n) is 5.68. The maximum Gasteiger partial charge on any atom is 0.333 e. The minimum atomic E-state index is -0.494. The highest BCUT2D eigenvalue weighted by molar-refractivity contribution is 6.08. The fourth-order valence-electron chi connectivity index (χ4n) is 2.32. The molecule has 0 aromatic heterocycles. The molecule has 0 aliphatic carbocycles. The average molecular weight is 355 g/mol. The van der Waals surface area contributed by atoms with Crippen LogP contribution >= 0.6 is 0 Å². The second-order valence-corrected chi connectivity index (χ2v) is 5.68. The first-order valence-electron chi connectivity index (χ1n) is 8.05. The van der Waals surface area contributed by atoms with Gasteiger partial charge in [-0.05, 0) is 19.1 Å². The third-order valence-corrected chi connectivity index (χ3v) is 3.45. The summed E-state index contributed by atoms with van der Waals surface area (Å²) in [6.07, 6.45) is 0. The number of hydrogen-bond acceptors (Lipinski definition) is 4. The average Bonchev–Trinajstić information content (AvgIpc) is 2.58. The quantitative estimate of drug-likeness (QED) is 0.421. The molecule has 0 aliphatic rings. The van der Waals surface area contributed by atoms with E-state index in [9.17, 15) is 14.4 Å². The molecule has 26 heavy (non-hydrogen) atoms. The monoisotopic (exact) mass is 355 g/mol. The Kier molecular flexibility index (Phi) is 6.32. The number of fused-ring (bicyclic) bond motifs is 1. The first-order valence-corrected chi connectivity index (χ1v) is 8.05. The molecule has 0 aliphatic heterocycles. The Balaban J connectivity index is 2.02. The molecule has 3 amide bonds. The van der Waals surface area contributed by atoms with Crippen LogP contribution in [0.5, 0.6) is 0 Å². The molecule has 0 fully saturated rings. The van der Waals surface area contributed by atoms with Crippen molar-refractivity contribution in [2.24, 2.45) is 0 Å². The van der Waals surface area contributed by atoms with Gasteiger partial charge in [-0.2, -0.15) is 0 Å². The molecule has 0 heterocycles. The lowest BCUT2D eigenvalue weighted by atomic mass is 10.1. The highest BCUT2D eigenvalue weighted by atomic mass is 16.5. The lowest BCUT2D eigenvalue weighted by Crippen LogP contribution is -2.32. The molecule has 0 radical (unpaired) electrons. The number of rotatable bonds is 6. The third-order valence-electron chi connectivity index (χ3n) is 3.45. The van der Waals surface area contributed by atoms with Gasteiger partial charge in [-0.15, -0.1) is 0 Å². The Morgan fingerprint density at radius 3 is 2.08 bits per heavy atom. The summed E-state index contributed by atoms with van der Waals surface area (Å²) >= 11 is 0. The second kappa shape index (κ2) is 8.66. The lowest BCUT2D eigenvalue weighted by Gasteiger charge is -2.12. The van der Waals surface area contributed by atoms with Crippen LogP contribution in [-0.4, -0.2) is 31.1 Å². The van der Waals surface area contributed by atoms with Crippen LogP contribution in [0, 0.1) is 0 Å². The third kappa shape index (κ3) is 5.07. The van der Waals surface area contributed by atoms with E-state index in [4.69, 9.17) is 4.74 Å². The van der Waals surface area contributed by atoms with Gasteiger partial charge in [0.25, 0.3) is 0 Å². The summed E-state index contributed by atoms with van der Waals surface area (Å²) in [6, 6.07) is 10.4. The first kappa shape index (κ1) is 19.0. The maximum atomic E-state index is 12.0. The smallest absolute Gasteiger partial charge is 0.333 e. The summed E-state index contributed by atoms with van der Waals surface area (Å²) in [5, 5.41) is 9.74. The van der Waals surface area contributed by atoms with Crippen molar-refractivity contribution >= 4 is 40.1 Å². The zero-order valence-electron chi connectivity index (χ0n) is 14.7. The lowest BCUT2D eigenvalue weighted by molar-refractivity contribution is -0.138. The SMILES string of the molecule is C=C(C)C(=O)OCCNC(=O)Nc1cccc2c(NC(C)=O)cccc12. The molecule has 0 saturated heterocycles. The summed E-state index contributed by atoms with van der Waals surface area (Å²) in [5.74, 6) is -0.662. The number of amides is 3. The van der Waals surface area contributed by atoms with Gasteiger partial charge in [0.2, 0.25) is 5.91 Å². The minimum Gasteiger partial charge on any atom is -0.460 e. The number of nitrogens with one attached hydrogen (secondary N) is 3. The molecule has 0 atom stereocenters. The van der Waals surface area contributed by atoms with Crippen molar-refractivity contribution in [2.45, 2.75) is 13.8 Å². The predicted molar refractivity (Wildman–Crippen MR) is 101 cm³/mol. The number of ether oxygens (including phenoxy) is 1. The maximum absolute atomic E-state index is 12.0.